The Bertz CT molecular complexity index is 571. The number of piperazine rings is 1. The number of amides is 3. The molecule has 1 saturated heterocycles. The molecule has 0 spiro atoms. The highest BCUT2D eigenvalue weighted by Gasteiger charge is 2.24. The number of urea groups is 1. The first-order valence-corrected chi connectivity index (χ1v) is 6.98. The Hall–Kier alpha value is -2.55. The number of benzene rings is 1. The van der Waals surface area contributed by atoms with Gasteiger partial charge in [-0.25, -0.2) is 4.79 Å². The number of rotatable bonds is 2. The second-order valence-corrected chi connectivity index (χ2v) is 4.81. The van der Waals surface area contributed by atoms with Gasteiger partial charge in [0, 0.05) is 38.3 Å². The Morgan fingerprint density at radius 3 is 2.52 bits per heavy atom. The van der Waals surface area contributed by atoms with Crippen molar-refractivity contribution in [3.63, 3.8) is 0 Å². The van der Waals surface area contributed by atoms with Crippen LogP contribution in [0, 0.1) is 11.3 Å². The molecule has 0 saturated carbocycles. The van der Waals surface area contributed by atoms with Crippen molar-refractivity contribution in [1.82, 2.24) is 15.1 Å². The van der Waals surface area contributed by atoms with Gasteiger partial charge in [-0.2, -0.15) is 5.26 Å². The fourth-order valence-corrected chi connectivity index (χ4v) is 2.28. The molecular weight excluding hydrogens is 268 g/mol. The molecule has 0 radical (unpaired) electrons. The van der Waals surface area contributed by atoms with Crippen LogP contribution in [-0.2, 0) is 0 Å². The van der Waals surface area contributed by atoms with Crippen LogP contribution in [0.2, 0.25) is 0 Å². The minimum Gasteiger partial charge on any atom is -0.338 e. The van der Waals surface area contributed by atoms with Gasteiger partial charge in [0.05, 0.1) is 11.6 Å². The van der Waals surface area contributed by atoms with Crippen LogP contribution in [0.1, 0.15) is 22.8 Å². The van der Waals surface area contributed by atoms with Gasteiger partial charge in [-0.15, -0.1) is 0 Å². The van der Waals surface area contributed by atoms with E-state index in [0.717, 1.165) is 0 Å². The molecule has 0 aromatic heterocycles. The number of carbonyl (C=O) groups is 2. The van der Waals surface area contributed by atoms with Crippen LogP contribution < -0.4 is 5.32 Å². The summed E-state index contributed by atoms with van der Waals surface area (Å²) in [6.45, 7) is 4.53. The third-order valence-electron chi connectivity index (χ3n) is 3.42. The van der Waals surface area contributed by atoms with Crippen LogP contribution in [0.25, 0.3) is 0 Å². The fourth-order valence-electron chi connectivity index (χ4n) is 2.28. The molecule has 0 atom stereocenters. The van der Waals surface area contributed by atoms with Gasteiger partial charge in [0.15, 0.2) is 0 Å². The molecule has 1 aliphatic heterocycles. The highest BCUT2D eigenvalue weighted by molar-refractivity contribution is 5.94. The van der Waals surface area contributed by atoms with Crippen molar-refractivity contribution in [3.8, 4) is 6.07 Å². The molecule has 2 rings (SSSR count). The summed E-state index contributed by atoms with van der Waals surface area (Å²) < 4.78 is 0. The van der Waals surface area contributed by atoms with E-state index in [9.17, 15) is 9.59 Å². The first kappa shape index (κ1) is 14.9. The maximum Gasteiger partial charge on any atom is 0.317 e. The number of hydrogen-bond donors (Lipinski definition) is 1. The van der Waals surface area contributed by atoms with E-state index in [-0.39, 0.29) is 11.9 Å². The summed E-state index contributed by atoms with van der Waals surface area (Å²) in [4.78, 5) is 27.5. The highest BCUT2D eigenvalue weighted by atomic mass is 16.2. The first-order valence-electron chi connectivity index (χ1n) is 6.98. The van der Waals surface area contributed by atoms with E-state index in [1.54, 1.807) is 34.1 Å². The Morgan fingerprint density at radius 2 is 1.90 bits per heavy atom. The maximum absolute atomic E-state index is 12.4. The Kier molecular flexibility index (Phi) is 4.77. The summed E-state index contributed by atoms with van der Waals surface area (Å²) in [6, 6.07) is 8.62. The van der Waals surface area contributed by atoms with Crippen LogP contribution in [0.3, 0.4) is 0 Å². The summed E-state index contributed by atoms with van der Waals surface area (Å²) in [5, 5.41) is 11.6. The minimum absolute atomic E-state index is 0.0870. The van der Waals surface area contributed by atoms with Crippen molar-refractivity contribution in [2.24, 2.45) is 0 Å². The molecule has 21 heavy (non-hydrogen) atoms. The average molecular weight is 286 g/mol. The van der Waals surface area contributed by atoms with Gasteiger partial charge in [-0.05, 0) is 25.1 Å². The van der Waals surface area contributed by atoms with Gasteiger partial charge >= 0.3 is 6.03 Å². The average Bonchev–Trinajstić information content (AvgIpc) is 2.54. The zero-order chi connectivity index (χ0) is 15.2. The number of nitrogens with one attached hydrogen (secondary N) is 1. The first-order chi connectivity index (χ1) is 10.2. The van der Waals surface area contributed by atoms with Crippen LogP contribution >= 0.6 is 0 Å². The minimum atomic E-state index is -0.0948. The third kappa shape index (κ3) is 3.51. The molecule has 1 heterocycles. The van der Waals surface area contributed by atoms with Crippen molar-refractivity contribution in [1.29, 1.82) is 5.26 Å². The Balaban J connectivity index is 1.97. The van der Waals surface area contributed by atoms with Gasteiger partial charge in [0.25, 0.3) is 5.91 Å². The lowest BCUT2D eigenvalue weighted by atomic mass is 10.1. The van der Waals surface area contributed by atoms with Crippen molar-refractivity contribution in [2.45, 2.75) is 6.92 Å². The van der Waals surface area contributed by atoms with E-state index in [2.05, 4.69) is 5.32 Å². The standard InChI is InChI=1S/C15H18N4O2/c1-2-17-15(21)19-8-6-18(7-9-19)14(20)13-5-3-4-12(10-13)11-16/h3-5,10H,2,6-9H2,1H3,(H,17,21). The van der Waals surface area contributed by atoms with Crippen molar-refractivity contribution in [2.75, 3.05) is 32.7 Å². The summed E-state index contributed by atoms with van der Waals surface area (Å²) in [5.74, 6) is -0.0948. The molecule has 6 heteroatoms. The predicted octanol–water partition coefficient (Wildman–Crippen LogP) is 1.05. The van der Waals surface area contributed by atoms with Crippen LogP contribution in [0.5, 0.6) is 0 Å². The van der Waals surface area contributed by atoms with Crippen molar-refractivity contribution >= 4 is 11.9 Å². The number of hydrogen-bond acceptors (Lipinski definition) is 3. The summed E-state index contributed by atoms with van der Waals surface area (Å²) >= 11 is 0. The van der Waals surface area contributed by atoms with Gasteiger partial charge < -0.3 is 15.1 Å². The van der Waals surface area contributed by atoms with E-state index < -0.39 is 0 Å². The van der Waals surface area contributed by atoms with E-state index in [1.165, 1.54) is 0 Å². The lowest BCUT2D eigenvalue weighted by Crippen LogP contribution is -2.53. The summed E-state index contributed by atoms with van der Waals surface area (Å²) in [5.41, 5.74) is 0.988. The normalized spacial score (nSPS) is 14.5. The van der Waals surface area contributed by atoms with Gasteiger partial charge in [-0.1, -0.05) is 6.07 Å². The fraction of sp³-hybridized carbons (Fsp3) is 0.400. The van der Waals surface area contributed by atoms with Crippen molar-refractivity contribution < 1.29 is 9.59 Å². The molecule has 1 aromatic rings. The highest BCUT2D eigenvalue weighted by Crippen LogP contribution is 2.10. The Labute approximate surface area is 123 Å². The SMILES string of the molecule is CCNC(=O)N1CCN(C(=O)c2cccc(C#N)c2)CC1. The van der Waals surface area contributed by atoms with Crippen LogP contribution in [-0.4, -0.2) is 54.5 Å². The smallest absolute Gasteiger partial charge is 0.317 e. The molecule has 3 amide bonds. The second-order valence-electron chi connectivity index (χ2n) is 4.81. The zero-order valence-corrected chi connectivity index (χ0v) is 12.0. The Morgan fingerprint density at radius 1 is 1.24 bits per heavy atom. The largest absolute Gasteiger partial charge is 0.338 e. The van der Waals surface area contributed by atoms with E-state index in [0.29, 0.717) is 43.9 Å². The maximum atomic E-state index is 12.4. The molecular formula is C15H18N4O2. The van der Waals surface area contributed by atoms with Gasteiger partial charge in [0.1, 0.15) is 0 Å². The number of carbonyl (C=O) groups excluding carboxylic acids is 2. The van der Waals surface area contributed by atoms with Crippen LogP contribution in [0.15, 0.2) is 24.3 Å². The zero-order valence-electron chi connectivity index (χ0n) is 12.0. The molecule has 0 bridgehead atoms. The lowest BCUT2D eigenvalue weighted by Gasteiger charge is -2.34. The predicted molar refractivity (Wildman–Crippen MR) is 77.7 cm³/mol. The van der Waals surface area contributed by atoms with E-state index >= 15 is 0 Å². The molecule has 110 valence electrons. The van der Waals surface area contributed by atoms with Gasteiger partial charge in [0.2, 0.25) is 0 Å². The van der Waals surface area contributed by atoms with E-state index in [1.807, 2.05) is 13.0 Å². The number of nitrogens with zero attached hydrogens (tertiary/aromatic N) is 3. The molecule has 1 fully saturated rings. The quantitative estimate of drug-likeness (QED) is 0.882. The lowest BCUT2D eigenvalue weighted by molar-refractivity contribution is 0.0665. The summed E-state index contributed by atoms with van der Waals surface area (Å²) in [7, 11) is 0. The van der Waals surface area contributed by atoms with Gasteiger partial charge in [-0.3, -0.25) is 4.79 Å². The summed E-state index contributed by atoms with van der Waals surface area (Å²) in [6.07, 6.45) is 0. The molecule has 1 aromatic carbocycles. The molecule has 0 aliphatic carbocycles. The van der Waals surface area contributed by atoms with Crippen molar-refractivity contribution in [3.05, 3.63) is 35.4 Å². The van der Waals surface area contributed by atoms with E-state index in [4.69, 9.17) is 5.26 Å². The monoisotopic (exact) mass is 286 g/mol. The molecule has 1 N–H and O–H groups in total. The molecule has 0 unspecified atom stereocenters. The third-order valence-corrected chi connectivity index (χ3v) is 3.42. The molecule has 1 aliphatic rings. The van der Waals surface area contributed by atoms with Crippen LogP contribution in [0.4, 0.5) is 4.79 Å². The second kappa shape index (κ2) is 6.75. The topological polar surface area (TPSA) is 76.4 Å². The molecule has 6 nitrogen and oxygen atoms in total. The number of nitriles is 1.